The fourth-order valence-electron chi connectivity index (χ4n) is 3.18. The van der Waals surface area contributed by atoms with E-state index in [1.807, 2.05) is 24.3 Å². The minimum Gasteiger partial charge on any atom is -0.465 e. The SMILES string of the molecule is COC(=O)C1=C(C(=O)OC)N(c2ccccc2-c2ccc(C(=O)OC)cc2)C=CC=C1. The summed E-state index contributed by atoms with van der Waals surface area (Å²) in [7, 11) is 3.82. The lowest BCUT2D eigenvalue weighted by Gasteiger charge is -2.25. The number of para-hydroxylation sites is 1. The molecular formula is C24H21NO6. The fourth-order valence-corrected chi connectivity index (χ4v) is 3.18. The van der Waals surface area contributed by atoms with E-state index < -0.39 is 17.9 Å². The Morgan fingerprint density at radius 3 is 2.03 bits per heavy atom. The van der Waals surface area contributed by atoms with Gasteiger partial charge in [-0.15, -0.1) is 0 Å². The summed E-state index contributed by atoms with van der Waals surface area (Å²) in [6.45, 7) is 0. The Morgan fingerprint density at radius 2 is 1.39 bits per heavy atom. The van der Waals surface area contributed by atoms with Gasteiger partial charge in [-0.2, -0.15) is 0 Å². The molecule has 1 aliphatic heterocycles. The van der Waals surface area contributed by atoms with Crippen LogP contribution in [0.5, 0.6) is 0 Å². The Labute approximate surface area is 179 Å². The monoisotopic (exact) mass is 419 g/mol. The lowest BCUT2D eigenvalue weighted by molar-refractivity contribution is -0.139. The average molecular weight is 419 g/mol. The summed E-state index contributed by atoms with van der Waals surface area (Å²) in [5, 5.41) is 0. The largest absolute Gasteiger partial charge is 0.465 e. The van der Waals surface area contributed by atoms with E-state index in [2.05, 4.69) is 0 Å². The summed E-state index contributed by atoms with van der Waals surface area (Å²) in [6, 6.07) is 14.3. The maximum Gasteiger partial charge on any atom is 0.355 e. The van der Waals surface area contributed by atoms with Crippen LogP contribution in [0.4, 0.5) is 5.69 Å². The third-order valence-corrected chi connectivity index (χ3v) is 4.67. The number of esters is 3. The number of carbonyl (C=O) groups excluding carboxylic acids is 3. The van der Waals surface area contributed by atoms with E-state index >= 15 is 0 Å². The van der Waals surface area contributed by atoms with Crippen LogP contribution < -0.4 is 4.90 Å². The van der Waals surface area contributed by atoms with Gasteiger partial charge in [0, 0.05) is 11.8 Å². The Kier molecular flexibility index (Phi) is 6.67. The molecule has 0 atom stereocenters. The minimum absolute atomic E-state index is 0.0259. The highest BCUT2D eigenvalue weighted by molar-refractivity contribution is 6.06. The zero-order chi connectivity index (χ0) is 22.4. The van der Waals surface area contributed by atoms with Gasteiger partial charge in [-0.3, -0.25) is 0 Å². The molecule has 0 N–H and O–H groups in total. The van der Waals surface area contributed by atoms with Crippen molar-refractivity contribution in [1.29, 1.82) is 0 Å². The number of allylic oxidation sites excluding steroid dienone is 2. The molecule has 0 saturated heterocycles. The molecule has 2 aromatic carbocycles. The van der Waals surface area contributed by atoms with E-state index in [1.165, 1.54) is 27.4 Å². The zero-order valence-electron chi connectivity index (χ0n) is 17.3. The van der Waals surface area contributed by atoms with Crippen molar-refractivity contribution in [3.05, 3.63) is 89.8 Å². The third kappa shape index (κ3) is 4.40. The van der Waals surface area contributed by atoms with Gasteiger partial charge in [-0.05, 0) is 35.9 Å². The molecule has 0 spiro atoms. The average Bonchev–Trinajstić information content (AvgIpc) is 3.05. The van der Waals surface area contributed by atoms with Crippen LogP contribution in [0, 0.1) is 0 Å². The van der Waals surface area contributed by atoms with Gasteiger partial charge < -0.3 is 19.1 Å². The van der Waals surface area contributed by atoms with Crippen molar-refractivity contribution >= 4 is 23.6 Å². The molecular weight excluding hydrogens is 398 g/mol. The van der Waals surface area contributed by atoms with Gasteiger partial charge in [0.05, 0.1) is 38.2 Å². The van der Waals surface area contributed by atoms with Crippen LogP contribution in [-0.2, 0) is 23.8 Å². The van der Waals surface area contributed by atoms with Crippen molar-refractivity contribution < 1.29 is 28.6 Å². The molecule has 0 radical (unpaired) electrons. The first-order valence-corrected chi connectivity index (χ1v) is 9.34. The second-order valence-corrected chi connectivity index (χ2v) is 6.40. The third-order valence-electron chi connectivity index (χ3n) is 4.67. The van der Waals surface area contributed by atoms with Gasteiger partial charge in [-0.25, -0.2) is 14.4 Å². The quantitative estimate of drug-likeness (QED) is 0.541. The summed E-state index contributed by atoms with van der Waals surface area (Å²) in [5.74, 6) is -1.78. The van der Waals surface area contributed by atoms with Crippen molar-refractivity contribution in [1.82, 2.24) is 0 Å². The molecule has 2 aromatic rings. The maximum atomic E-state index is 12.7. The lowest BCUT2D eigenvalue weighted by atomic mass is 10.0. The Balaban J connectivity index is 2.17. The van der Waals surface area contributed by atoms with Gasteiger partial charge in [0.15, 0.2) is 0 Å². The van der Waals surface area contributed by atoms with Crippen LogP contribution in [0.3, 0.4) is 0 Å². The van der Waals surface area contributed by atoms with E-state index in [9.17, 15) is 14.4 Å². The molecule has 7 heteroatoms. The molecule has 1 heterocycles. The number of hydrogen-bond acceptors (Lipinski definition) is 7. The fraction of sp³-hybridized carbons (Fsp3) is 0.125. The van der Waals surface area contributed by atoms with Gasteiger partial charge in [0.2, 0.25) is 0 Å². The van der Waals surface area contributed by atoms with Crippen molar-refractivity contribution in [2.75, 3.05) is 26.2 Å². The summed E-state index contributed by atoms with van der Waals surface area (Å²) in [5.41, 5.74) is 2.72. The highest BCUT2D eigenvalue weighted by Gasteiger charge is 2.28. The van der Waals surface area contributed by atoms with Crippen LogP contribution >= 0.6 is 0 Å². The highest BCUT2D eigenvalue weighted by atomic mass is 16.5. The van der Waals surface area contributed by atoms with Crippen molar-refractivity contribution in [3.63, 3.8) is 0 Å². The number of methoxy groups -OCH3 is 3. The summed E-state index contributed by atoms with van der Waals surface area (Å²) >= 11 is 0. The first kappa shape index (κ1) is 21.6. The number of hydrogen-bond donors (Lipinski definition) is 0. The highest BCUT2D eigenvalue weighted by Crippen LogP contribution is 2.35. The molecule has 0 saturated carbocycles. The number of nitrogens with zero attached hydrogens (tertiary/aromatic N) is 1. The van der Waals surface area contributed by atoms with E-state index in [1.54, 1.807) is 47.5 Å². The summed E-state index contributed by atoms with van der Waals surface area (Å²) in [6.07, 6.45) is 6.52. The molecule has 0 aliphatic carbocycles. The van der Waals surface area contributed by atoms with Crippen LogP contribution in [0.1, 0.15) is 10.4 Å². The normalized spacial score (nSPS) is 12.9. The molecule has 7 nitrogen and oxygen atoms in total. The van der Waals surface area contributed by atoms with E-state index in [4.69, 9.17) is 14.2 Å². The molecule has 158 valence electrons. The molecule has 0 bridgehead atoms. The molecule has 3 rings (SSSR count). The smallest absolute Gasteiger partial charge is 0.355 e. The van der Waals surface area contributed by atoms with Crippen LogP contribution in [0.15, 0.2) is 84.2 Å². The van der Waals surface area contributed by atoms with Gasteiger partial charge in [0.25, 0.3) is 0 Å². The van der Waals surface area contributed by atoms with Crippen LogP contribution in [0.25, 0.3) is 11.1 Å². The predicted octanol–water partition coefficient (Wildman–Crippen LogP) is 3.63. The van der Waals surface area contributed by atoms with Crippen LogP contribution in [-0.4, -0.2) is 39.2 Å². The number of carbonyl (C=O) groups is 3. The Morgan fingerprint density at radius 1 is 0.742 bits per heavy atom. The lowest BCUT2D eigenvalue weighted by Crippen LogP contribution is -2.27. The first-order chi connectivity index (χ1) is 15.0. The molecule has 31 heavy (non-hydrogen) atoms. The van der Waals surface area contributed by atoms with Gasteiger partial charge in [0.1, 0.15) is 5.70 Å². The number of rotatable bonds is 5. The summed E-state index contributed by atoms with van der Waals surface area (Å²) in [4.78, 5) is 38.4. The number of ether oxygens (including phenoxy) is 3. The molecule has 0 aromatic heterocycles. The van der Waals surface area contributed by atoms with Crippen molar-refractivity contribution in [2.45, 2.75) is 0 Å². The second-order valence-electron chi connectivity index (χ2n) is 6.40. The standard InChI is InChI=1S/C24H21NO6/c1-29-22(26)17-13-11-16(12-14-17)18-8-4-5-10-20(18)25-15-7-6-9-19(23(27)30-2)21(25)24(28)31-3/h4-15H,1-3H3. The van der Waals surface area contributed by atoms with E-state index in [0.29, 0.717) is 11.3 Å². The minimum atomic E-state index is -0.688. The van der Waals surface area contributed by atoms with Crippen LogP contribution in [0.2, 0.25) is 0 Å². The topological polar surface area (TPSA) is 82.1 Å². The Hall–Kier alpha value is -4.13. The number of anilines is 1. The molecule has 0 unspecified atom stereocenters. The molecule has 1 aliphatic rings. The van der Waals surface area contributed by atoms with Gasteiger partial charge in [-0.1, -0.05) is 36.4 Å². The maximum absolute atomic E-state index is 12.7. The second kappa shape index (κ2) is 9.58. The van der Waals surface area contributed by atoms with E-state index in [-0.39, 0.29) is 11.3 Å². The van der Waals surface area contributed by atoms with E-state index in [0.717, 1.165) is 11.1 Å². The van der Waals surface area contributed by atoms with Crippen molar-refractivity contribution in [2.24, 2.45) is 0 Å². The summed E-state index contributed by atoms with van der Waals surface area (Å²) < 4.78 is 14.6. The molecule has 0 amide bonds. The predicted molar refractivity (Wildman–Crippen MR) is 115 cm³/mol. The van der Waals surface area contributed by atoms with Gasteiger partial charge >= 0.3 is 17.9 Å². The first-order valence-electron chi connectivity index (χ1n) is 9.34. The van der Waals surface area contributed by atoms with Crippen molar-refractivity contribution in [3.8, 4) is 11.1 Å². The Bertz CT molecular complexity index is 1100. The number of benzene rings is 2. The molecule has 0 fully saturated rings. The zero-order valence-corrected chi connectivity index (χ0v) is 17.3.